The molecule has 0 fully saturated rings. The standard InChI is InChI=1S/C16H13NO5/c18-15(11-3-1-2-4-12(11)16(19)20)17-8-10-5-6-13-14(7-10)22-9-21-13/h1-7H,8-9H2,(H,17,18)(H,19,20)/p-1. The Balaban J connectivity index is 1.72. The molecule has 22 heavy (non-hydrogen) atoms. The number of carboxylic acids is 1. The highest BCUT2D eigenvalue weighted by molar-refractivity contribution is 6.04. The molecular formula is C16H12NO5-. The van der Waals surface area contributed by atoms with E-state index in [-0.39, 0.29) is 24.5 Å². The summed E-state index contributed by atoms with van der Waals surface area (Å²) in [4.78, 5) is 23.1. The minimum atomic E-state index is -1.38. The summed E-state index contributed by atoms with van der Waals surface area (Å²) in [5, 5.41) is 13.7. The molecule has 1 aliphatic heterocycles. The zero-order valence-corrected chi connectivity index (χ0v) is 11.5. The molecule has 6 heteroatoms. The Bertz CT molecular complexity index is 741. The number of fused-ring (bicyclic) bond motifs is 1. The summed E-state index contributed by atoms with van der Waals surface area (Å²) < 4.78 is 10.5. The number of aromatic carboxylic acids is 1. The van der Waals surface area contributed by atoms with Gasteiger partial charge in [-0.15, -0.1) is 0 Å². The Kier molecular flexibility index (Phi) is 3.65. The average Bonchev–Trinajstić information content (AvgIpc) is 3.00. The summed E-state index contributed by atoms with van der Waals surface area (Å²) in [5.41, 5.74) is 0.762. The van der Waals surface area contributed by atoms with Crippen LogP contribution in [0.1, 0.15) is 26.3 Å². The van der Waals surface area contributed by atoms with Gasteiger partial charge in [0.25, 0.3) is 5.91 Å². The van der Waals surface area contributed by atoms with Crippen LogP contribution in [0, 0.1) is 0 Å². The molecule has 0 unspecified atom stereocenters. The van der Waals surface area contributed by atoms with Crippen LogP contribution in [0.2, 0.25) is 0 Å². The first-order valence-electron chi connectivity index (χ1n) is 6.62. The molecule has 1 amide bonds. The number of nitrogens with one attached hydrogen (secondary N) is 1. The molecule has 0 saturated heterocycles. The van der Waals surface area contributed by atoms with Crippen molar-refractivity contribution in [2.45, 2.75) is 6.54 Å². The van der Waals surface area contributed by atoms with Gasteiger partial charge >= 0.3 is 0 Å². The normalized spacial score (nSPS) is 12.0. The second-order valence-corrected chi connectivity index (χ2v) is 4.70. The number of amides is 1. The fourth-order valence-corrected chi connectivity index (χ4v) is 2.19. The topological polar surface area (TPSA) is 87.7 Å². The van der Waals surface area contributed by atoms with E-state index in [9.17, 15) is 14.7 Å². The number of hydrogen-bond donors (Lipinski definition) is 1. The van der Waals surface area contributed by atoms with Crippen LogP contribution in [0.25, 0.3) is 0 Å². The third-order valence-corrected chi connectivity index (χ3v) is 3.28. The van der Waals surface area contributed by atoms with Gasteiger partial charge in [-0.25, -0.2) is 0 Å². The molecule has 112 valence electrons. The van der Waals surface area contributed by atoms with Crippen molar-refractivity contribution >= 4 is 11.9 Å². The number of ether oxygens (including phenoxy) is 2. The number of rotatable bonds is 4. The monoisotopic (exact) mass is 298 g/mol. The molecule has 1 heterocycles. The van der Waals surface area contributed by atoms with Crippen molar-refractivity contribution in [1.82, 2.24) is 5.32 Å². The molecule has 0 atom stereocenters. The van der Waals surface area contributed by atoms with Gasteiger partial charge in [-0.3, -0.25) is 4.79 Å². The van der Waals surface area contributed by atoms with Crippen molar-refractivity contribution in [3.63, 3.8) is 0 Å². The maximum absolute atomic E-state index is 12.1. The second kappa shape index (κ2) is 5.77. The second-order valence-electron chi connectivity index (χ2n) is 4.70. The van der Waals surface area contributed by atoms with Crippen molar-refractivity contribution in [3.8, 4) is 11.5 Å². The van der Waals surface area contributed by atoms with Crippen LogP contribution in [0.5, 0.6) is 11.5 Å². The molecule has 0 radical (unpaired) electrons. The van der Waals surface area contributed by atoms with Crippen LogP contribution in [-0.2, 0) is 6.54 Å². The van der Waals surface area contributed by atoms with E-state index in [0.717, 1.165) is 5.56 Å². The van der Waals surface area contributed by atoms with E-state index in [1.165, 1.54) is 12.1 Å². The molecule has 0 bridgehead atoms. The minimum absolute atomic E-state index is 0.0724. The Morgan fingerprint density at radius 1 is 1.05 bits per heavy atom. The van der Waals surface area contributed by atoms with Gasteiger partial charge in [-0.2, -0.15) is 0 Å². The average molecular weight is 298 g/mol. The molecule has 0 spiro atoms. The molecule has 2 aromatic rings. The van der Waals surface area contributed by atoms with Gasteiger partial charge in [-0.05, 0) is 23.8 Å². The highest BCUT2D eigenvalue weighted by Crippen LogP contribution is 2.32. The van der Waals surface area contributed by atoms with Crippen LogP contribution in [0.15, 0.2) is 42.5 Å². The third-order valence-electron chi connectivity index (χ3n) is 3.28. The number of carbonyl (C=O) groups excluding carboxylic acids is 2. The molecular weight excluding hydrogens is 286 g/mol. The van der Waals surface area contributed by atoms with Gasteiger partial charge in [0.05, 0.1) is 5.97 Å². The maximum Gasteiger partial charge on any atom is 0.252 e. The Morgan fingerprint density at radius 3 is 2.55 bits per heavy atom. The number of benzene rings is 2. The summed E-state index contributed by atoms with van der Waals surface area (Å²) in [7, 11) is 0. The molecule has 3 rings (SSSR count). The van der Waals surface area contributed by atoms with Crippen molar-refractivity contribution in [2.24, 2.45) is 0 Å². The highest BCUT2D eigenvalue weighted by Gasteiger charge is 2.14. The van der Waals surface area contributed by atoms with Gasteiger partial charge in [0, 0.05) is 17.7 Å². The maximum atomic E-state index is 12.1. The van der Waals surface area contributed by atoms with E-state index in [2.05, 4.69) is 5.32 Å². The van der Waals surface area contributed by atoms with Crippen molar-refractivity contribution < 1.29 is 24.2 Å². The molecule has 1 N–H and O–H groups in total. The minimum Gasteiger partial charge on any atom is -0.545 e. The van der Waals surface area contributed by atoms with Crippen LogP contribution in [-0.4, -0.2) is 18.7 Å². The van der Waals surface area contributed by atoms with E-state index in [4.69, 9.17) is 9.47 Å². The first kappa shape index (κ1) is 13.9. The Morgan fingerprint density at radius 2 is 1.77 bits per heavy atom. The lowest BCUT2D eigenvalue weighted by Gasteiger charge is -2.11. The van der Waals surface area contributed by atoms with E-state index in [0.29, 0.717) is 11.5 Å². The quantitative estimate of drug-likeness (QED) is 0.898. The van der Waals surface area contributed by atoms with Gasteiger partial charge in [0.2, 0.25) is 6.79 Å². The first-order chi connectivity index (χ1) is 10.6. The fraction of sp³-hybridized carbons (Fsp3) is 0.125. The van der Waals surface area contributed by atoms with E-state index in [1.54, 1.807) is 30.3 Å². The highest BCUT2D eigenvalue weighted by atomic mass is 16.7. The lowest BCUT2D eigenvalue weighted by atomic mass is 10.1. The lowest BCUT2D eigenvalue weighted by molar-refractivity contribution is -0.255. The smallest absolute Gasteiger partial charge is 0.252 e. The van der Waals surface area contributed by atoms with Gasteiger partial charge in [-0.1, -0.05) is 24.3 Å². The zero-order chi connectivity index (χ0) is 15.5. The number of carboxylic acid groups (broad SMARTS) is 1. The predicted molar refractivity (Wildman–Crippen MR) is 74.5 cm³/mol. The summed E-state index contributed by atoms with van der Waals surface area (Å²) in [6, 6.07) is 11.3. The molecule has 0 aromatic heterocycles. The molecule has 2 aromatic carbocycles. The van der Waals surface area contributed by atoms with E-state index in [1.807, 2.05) is 0 Å². The molecule has 1 aliphatic rings. The van der Waals surface area contributed by atoms with Gasteiger partial charge < -0.3 is 24.7 Å². The van der Waals surface area contributed by atoms with Gasteiger partial charge in [0.15, 0.2) is 11.5 Å². The number of hydrogen-bond acceptors (Lipinski definition) is 5. The van der Waals surface area contributed by atoms with Crippen molar-refractivity contribution in [1.29, 1.82) is 0 Å². The van der Waals surface area contributed by atoms with Crippen LogP contribution >= 0.6 is 0 Å². The zero-order valence-electron chi connectivity index (χ0n) is 11.5. The molecule has 6 nitrogen and oxygen atoms in total. The van der Waals surface area contributed by atoms with Crippen LogP contribution in [0.4, 0.5) is 0 Å². The summed E-state index contributed by atoms with van der Waals surface area (Å²) in [6.45, 7) is 0.432. The predicted octanol–water partition coefficient (Wildman–Crippen LogP) is 0.709. The molecule has 0 saturated carbocycles. The fourth-order valence-electron chi connectivity index (χ4n) is 2.19. The summed E-state index contributed by atoms with van der Waals surface area (Å²) in [6.07, 6.45) is 0. The number of carbonyl (C=O) groups is 2. The van der Waals surface area contributed by atoms with Crippen molar-refractivity contribution in [2.75, 3.05) is 6.79 Å². The van der Waals surface area contributed by atoms with Crippen molar-refractivity contribution in [3.05, 3.63) is 59.2 Å². The summed E-state index contributed by atoms with van der Waals surface area (Å²) in [5.74, 6) is -0.564. The lowest BCUT2D eigenvalue weighted by Crippen LogP contribution is -2.29. The van der Waals surface area contributed by atoms with Gasteiger partial charge in [0.1, 0.15) is 0 Å². The SMILES string of the molecule is O=C([O-])c1ccccc1C(=O)NCc1ccc2c(c1)OCO2. The molecule has 0 aliphatic carbocycles. The first-order valence-corrected chi connectivity index (χ1v) is 6.62. The largest absolute Gasteiger partial charge is 0.545 e. The summed E-state index contributed by atoms with van der Waals surface area (Å²) >= 11 is 0. The van der Waals surface area contributed by atoms with E-state index >= 15 is 0 Å². The Labute approximate surface area is 126 Å². The Hall–Kier alpha value is -3.02. The van der Waals surface area contributed by atoms with Crippen LogP contribution < -0.4 is 19.9 Å². The third kappa shape index (κ3) is 2.71. The van der Waals surface area contributed by atoms with Crippen LogP contribution in [0.3, 0.4) is 0 Å². The van der Waals surface area contributed by atoms with E-state index < -0.39 is 11.9 Å².